The summed E-state index contributed by atoms with van der Waals surface area (Å²) in [7, 11) is 0. The topological polar surface area (TPSA) is 81.1 Å². The van der Waals surface area contributed by atoms with Crippen molar-refractivity contribution in [2.45, 2.75) is 6.29 Å². The highest BCUT2D eigenvalue weighted by molar-refractivity contribution is 5.88. The van der Waals surface area contributed by atoms with E-state index in [0.717, 1.165) is 5.23 Å². The Balaban J connectivity index is 1.77. The fourth-order valence-electron chi connectivity index (χ4n) is 1.69. The molecule has 20 heavy (non-hydrogen) atoms. The molecule has 3 rings (SSSR count). The highest BCUT2D eigenvalue weighted by atomic mass is 17.4. The van der Waals surface area contributed by atoms with Gasteiger partial charge < -0.3 is 5.11 Å². The molecule has 102 valence electrons. The third kappa shape index (κ3) is 2.45. The van der Waals surface area contributed by atoms with Gasteiger partial charge in [-0.15, -0.1) is 0 Å². The number of carboxylic acid groups (broad SMARTS) is 1. The third-order valence-electron chi connectivity index (χ3n) is 2.65. The SMILES string of the molecule is O=C(O)c1cccc(N2OOC(c3cccnc3)O2)c1. The largest absolute Gasteiger partial charge is 0.478 e. The van der Waals surface area contributed by atoms with Crippen LogP contribution in [-0.2, 0) is 14.7 Å². The molecule has 1 aliphatic rings. The molecule has 0 spiro atoms. The summed E-state index contributed by atoms with van der Waals surface area (Å²) in [5.74, 6) is -1.03. The molecule has 1 N–H and O–H groups in total. The van der Waals surface area contributed by atoms with Crippen LogP contribution >= 0.6 is 0 Å². The lowest BCUT2D eigenvalue weighted by atomic mass is 10.2. The molecule has 1 saturated heterocycles. The second-order valence-corrected chi connectivity index (χ2v) is 4.01. The lowest BCUT2D eigenvalue weighted by Crippen LogP contribution is -2.15. The van der Waals surface area contributed by atoms with Crippen molar-refractivity contribution >= 4 is 11.7 Å². The summed E-state index contributed by atoms with van der Waals surface area (Å²) in [6.45, 7) is 0. The minimum Gasteiger partial charge on any atom is -0.478 e. The van der Waals surface area contributed by atoms with E-state index in [-0.39, 0.29) is 5.56 Å². The monoisotopic (exact) mass is 274 g/mol. The fourth-order valence-corrected chi connectivity index (χ4v) is 1.69. The number of carboxylic acids is 1. The Labute approximate surface area is 113 Å². The van der Waals surface area contributed by atoms with E-state index in [1.54, 1.807) is 36.7 Å². The summed E-state index contributed by atoms with van der Waals surface area (Å²) >= 11 is 0. The number of hydrogen-bond donors (Lipinski definition) is 1. The standard InChI is InChI=1S/C13H10N2O5/c16-12(17)9-3-1-5-11(7-9)15-18-13(19-20-15)10-4-2-6-14-8-10/h1-8,13H,(H,16,17). The van der Waals surface area contributed by atoms with Crippen LogP contribution < -0.4 is 5.23 Å². The van der Waals surface area contributed by atoms with Crippen LogP contribution in [0.1, 0.15) is 22.2 Å². The molecule has 1 aromatic carbocycles. The van der Waals surface area contributed by atoms with Crippen molar-refractivity contribution in [3.63, 3.8) is 0 Å². The molecule has 1 aromatic heterocycles. The molecular formula is C13H10N2O5. The van der Waals surface area contributed by atoms with Crippen molar-refractivity contribution in [2.75, 3.05) is 5.23 Å². The van der Waals surface area contributed by atoms with E-state index >= 15 is 0 Å². The van der Waals surface area contributed by atoms with Gasteiger partial charge in [-0.25, -0.2) is 9.63 Å². The Morgan fingerprint density at radius 3 is 2.95 bits per heavy atom. The van der Waals surface area contributed by atoms with Crippen molar-refractivity contribution in [3.8, 4) is 0 Å². The van der Waals surface area contributed by atoms with Gasteiger partial charge in [-0.2, -0.15) is 4.89 Å². The van der Waals surface area contributed by atoms with Crippen LogP contribution in [0, 0.1) is 0 Å². The Hall–Kier alpha value is -2.48. The molecule has 1 unspecified atom stereocenters. The molecule has 0 aliphatic carbocycles. The van der Waals surface area contributed by atoms with Gasteiger partial charge in [-0.05, 0) is 24.3 Å². The fraction of sp³-hybridized carbons (Fsp3) is 0.0769. The van der Waals surface area contributed by atoms with Gasteiger partial charge in [0.1, 0.15) is 0 Å². The highest BCUT2D eigenvalue weighted by Gasteiger charge is 2.29. The van der Waals surface area contributed by atoms with Crippen LogP contribution in [0.25, 0.3) is 0 Å². The number of aromatic nitrogens is 1. The molecule has 2 aromatic rings. The Kier molecular flexibility index (Phi) is 3.30. The second kappa shape index (κ2) is 5.25. The molecule has 2 heterocycles. The summed E-state index contributed by atoms with van der Waals surface area (Å²) in [4.78, 5) is 30.2. The number of nitrogens with zero attached hydrogens (tertiary/aromatic N) is 2. The van der Waals surface area contributed by atoms with Gasteiger partial charge in [0.2, 0.25) is 6.29 Å². The number of carbonyl (C=O) groups is 1. The quantitative estimate of drug-likeness (QED) is 0.858. The first-order valence-corrected chi connectivity index (χ1v) is 5.78. The zero-order chi connectivity index (χ0) is 13.9. The van der Waals surface area contributed by atoms with Crippen LogP contribution in [0.2, 0.25) is 0 Å². The molecule has 7 heteroatoms. The molecule has 1 atom stereocenters. The first kappa shape index (κ1) is 12.5. The number of aromatic carboxylic acids is 1. The molecule has 0 bridgehead atoms. The summed E-state index contributed by atoms with van der Waals surface area (Å²) in [5, 5.41) is 9.96. The molecule has 0 saturated carbocycles. The average molecular weight is 274 g/mol. The predicted molar refractivity (Wildman–Crippen MR) is 66.1 cm³/mol. The molecule has 1 aliphatic heterocycles. The number of rotatable bonds is 3. The van der Waals surface area contributed by atoms with Crippen LogP contribution in [-0.4, -0.2) is 16.1 Å². The lowest BCUT2D eigenvalue weighted by molar-refractivity contribution is -0.286. The summed E-state index contributed by atoms with van der Waals surface area (Å²) < 4.78 is 0. The van der Waals surface area contributed by atoms with Gasteiger partial charge in [0, 0.05) is 18.0 Å². The van der Waals surface area contributed by atoms with Crippen molar-refractivity contribution in [3.05, 3.63) is 59.9 Å². The Bertz CT molecular complexity index is 619. The Morgan fingerprint density at radius 2 is 2.20 bits per heavy atom. The van der Waals surface area contributed by atoms with Crippen molar-refractivity contribution in [2.24, 2.45) is 0 Å². The van der Waals surface area contributed by atoms with Crippen molar-refractivity contribution in [1.29, 1.82) is 0 Å². The predicted octanol–water partition coefficient (Wildman–Crippen LogP) is 2.09. The minimum atomic E-state index is -1.03. The average Bonchev–Trinajstić information content (AvgIpc) is 2.98. The first-order chi connectivity index (χ1) is 9.74. The van der Waals surface area contributed by atoms with E-state index in [0.29, 0.717) is 11.3 Å². The van der Waals surface area contributed by atoms with Gasteiger partial charge in [0.15, 0.2) is 0 Å². The van der Waals surface area contributed by atoms with Crippen LogP contribution in [0.5, 0.6) is 0 Å². The molecule has 1 fully saturated rings. The molecule has 7 nitrogen and oxygen atoms in total. The van der Waals surface area contributed by atoms with Crippen LogP contribution in [0.3, 0.4) is 0 Å². The van der Waals surface area contributed by atoms with Gasteiger partial charge in [-0.1, -0.05) is 22.3 Å². The van der Waals surface area contributed by atoms with Crippen LogP contribution in [0.4, 0.5) is 5.69 Å². The summed E-state index contributed by atoms with van der Waals surface area (Å²) in [6.07, 6.45) is 2.47. The molecule has 0 radical (unpaired) electrons. The second-order valence-electron chi connectivity index (χ2n) is 4.01. The zero-order valence-electron chi connectivity index (χ0n) is 10.2. The number of benzene rings is 1. The lowest BCUT2D eigenvalue weighted by Gasteiger charge is -2.11. The summed E-state index contributed by atoms with van der Waals surface area (Å²) in [6, 6.07) is 9.64. The number of anilines is 1. The van der Waals surface area contributed by atoms with Gasteiger partial charge in [0.25, 0.3) is 0 Å². The maximum absolute atomic E-state index is 10.9. The van der Waals surface area contributed by atoms with E-state index in [9.17, 15) is 4.79 Å². The number of pyridine rings is 1. The number of hydrogen-bond acceptors (Lipinski definition) is 6. The Morgan fingerprint density at radius 1 is 1.30 bits per heavy atom. The van der Waals surface area contributed by atoms with Gasteiger partial charge in [0.05, 0.1) is 11.3 Å². The van der Waals surface area contributed by atoms with E-state index < -0.39 is 12.3 Å². The van der Waals surface area contributed by atoms with Crippen LogP contribution in [0.15, 0.2) is 48.8 Å². The van der Waals surface area contributed by atoms with E-state index in [2.05, 4.69) is 4.98 Å². The first-order valence-electron chi connectivity index (χ1n) is 5.78. The summed E-state index contributed by atoms with van der Waals surface area (Å²) in [5.41, 5.74) is 1.22. The minimum absolute atomic E-state index is 0.125. The smallest absolute Gasteiger partial charge is 0.335 e. The maximum Gasteiger partial charge on any atom is 0.335 e. The van der Waals surface area contributed by atoms with Crippen molar-refractivity contribution < 1.29 is 24.6 Å². The maximum atomic E-state index is 10.9. The van der Waals surface area contributed by atoms with E-state index in [4.69, 9.17) is 19.8 Å². The van der Waals surface area contributed by atoms with Gasteiger partial charge in [-0.3, -0.25) is 4.98 Å². The normalized spacial score (nSPS) is 18.2. The zero-order valence-corrected chi connectivity index (χ0v) is 10.2. The van der Waals surface area contributed by atoms with E-state index in [1.807, 2.05) is 0 Å². The van der Waals surface area contributed by atoms with Crippen molar-refractivity contribution in [1.82, 2.24) is 4.98 Å². The third-order valence-corrected chi connectivity index (χ3v) is 2.65. The molecular weight excluding hydrogens is 264 g/mol. The van der Waals surface area contributed by atoms with E-state index in [1.165, 1.54) is 12.1 Å². The molecule has 0 amide bonds. The van der Waals surface area contributed by atoms with Gasteiger partial charge >= 0.3 is 5.97 Å². The highest BCUT2D eigenvalue weighted by Crippen LogP contribution is 2.30.